The van der Waals surface area contributed by atoms with E-state index in [1.807, 2.05) is 0 Å². The first kappa shape index (κ1) is 6.01. The Morgan fingerprint density at radius 3 is 2.38 bits per heavy atom. The molecule has 3 N–H and O–H groups in total. The maximum absolute atomic E-state index is 8.96. The molecule has 1 aliphatic rings. The summed E-state index contributed by atoms with van der Waals surface area (Å²) >= 11 is 0. The number of hydrogen-bond donors (Lipinski definition) is 3. The van der Waals surface area contributed by atoms with Gasteiger partial charge in [-0.2, -0.15) is 0 Å². The van der Waals surface area contributed by atoms with Crippen LogP contribution in [0.2, 0.25) is 0 Å². The van der Waals surface area contributed by atoms with Gasteiger partial charge in [-0.05, 0) is 6.92 Å². The average molecular weight is 117 g/mol. The molecular weight excluding hydrogens is 106 g/mol. The molecule has 0 spiro atoms. The minimum Gasteiger partial charge on any atom is -0.364 e. The first-order valence-electron chi connectivity index (χ1n) is 2.81. The maximum atomic E-state index is 8.96. The Morgan fingerprint density at radius 2 is 2.25 bits per heavy atom. The average Bonchev–Trinajstić information content (AvgIpc) is 1.86. The van der Waals surface area contributed by atoms with Gasteiger partial charge in [-0.25, -0.2) is 0 Å². The lowest BCUT2D eigenvalue weighted by atomic mass is 10.1. The second-order valence-electron chi connectivity index (χ2n) is 2.30. The predicted molar refractivity (Wildman–Crippen MR) is 29.3 cm³/mol. The summed E-state index contributed by atoms with van der Waals surface area (Å²) in [4.78, 5) is 0. The van der Waals surface area contributed by atoms with Gasteiger partial charge in [0.2, 0.25) is 0 Å². The molecule has 0 aromatic heterocycles. The molecule has 0 aromatic carbocycles. The molecule has 1 aliphatic heterocycles. The molecule has 1 saturated heterocycles. The summed E-state index contributed by atoms with van der Waals surface area (Å²) in [5.41, 5.74) is 0. The van der Waals surface area contributed by atoms with Gasteiger partial charge in [0.1, 0.15) is 0 Å². The third-order valence-electron chi connectivity index (χ3n) is 1.64. The fourth-order valence-electron chi connectivity index (χ4n) is 0.853. The van der Waals surface area contributed by atoms with E-state index in [1.165, 1.54) is 0 Å². The maximum Gasteiger partial charge on any atom is 0.179 e. The van der Waals surface area contributed by atoms with Crippen molar-refractivity contribution in [2.24, 2.45) is 0 Å². The topological polar surface area (TPSA) is 52.5 Å². The Kier molecular flexibility index (Phi) is 1.27. The van der Waals surface area contributed by atoms with Gasteiger partial charge in [0.25, 0.3) is 0 Å². The molecule has 0 radical (unpaired) electrons. The molecule has 0 amide bonds. The van der Waals surface area contributed by atoms with Crippen LogP contribution in [0, 0.1) is 0 Å². The molecular formula is C5H11NO2. The molecule has 1 atom stereocenters. The highest BCUT2D eigenvalue weighted by molar-refractivity contribution is 4.85. The van der Waals surface area contributed by atoms with Crippen molar-refractivity contribution in [2.75, 3.05) is 6.54 Å². The van der Waals surface area contributed by atoms with Crippen LogP contribution < -0.4 is 5.32 Å². The normalized spacial score (nSPS) is 35.6. The van der Waals surface area contributed by atoms with Crippen LogP contribution in [-0.2, 0) is 0 Å². The summed E-state index contributed by atoms with van der Waals surface area (Å²) < 4.78 is 0. The third kappa shape index (κ3) is 0.844. The van der Waals surface area contributed by atoms with Gasteiger partial charge in [0.15, 0.2) is 5.79 Å². The Labute approximate surface area is 48.3 Å². The van der Waals surface area contributed by atoms with Gasteiger partial charge in [0, 0.05) is 13.0 Å². The fraction of sp³-hybridized carbons (Fsp3) is 1.00. The van der Waals surface area contributed by atoms with Gasteiger partial charge in [-0.3, -0.25) is 0 Å². The Morgan fingerprint density at radius 1 is 1.62 bits per heavy atom. The molecule has 0 saturated carbocycles. The van der Waals surface area contributed by atoms with E-state index in [0.29, 0.717) is 13.0 Å². The van der Waals surface area contributed by atoms with E-state index < -0.39 is 5.79 Å². The second-order valence-corrected chi connectivity index (χ2v) is 2.30. The second kappa shape index (κ2) is 1.69. The van der Waals surface area contributed by atoms with Crippen LogP contribution in [0.3, 0.4) is 0 Å². The SMILES string of the molecule is CC1NCCC1(O)O. The molecule has 48 valence electrons. The smallest absolute Gasteiger partial charge is 0.179 e. The number of rotatable bonds is 0. The van der Waals surface area contributed by atoms with Crippen molar-refractivity contribution >= 4 is 0 Å². The highest BCUT2D eigenvalue weighted by Crippen LogP contribution is 2.15. The highest BCUT2D eigenvalue weighted by Gasteiger charge is 2.35. The zero-order valence-electron chi connectivity index (χ0n) is 4.89. The van der Waals surface area contributed by atoms with E-state index in [1.54, 1.807) is 6.92 Å². The number of aliphatic hydroxyl groups is 2. The Bertz CT molecular complexity index is 92.4. The van der Waals surface area contributed by atoms with Gasteiger partial charge >= 0.3 is 0 Å². The first-order chi connectivity index (χ1) is 3.63. The Balaban J connectivity index is 2.54. The molecule has 0 aliphatic carbocycles. The quantitative estimate of drug-likeness (QED) is 0.358. The molecule has 1 fully saturated rings. The number of nitrogens with one attached hydrogen (secondary N) is 1. The van der Waals surface area contributed by atoms with Crippen molar-refractivity contribution < 1.29 is 10.2 Å². The van der Waals surface area contributed by atoms with Crippen molar-refractivity contribution in [3.63, 3.8) is 0 Å². The lowest BCUT2D eigenvalue weighted by molar-refractivity contribution is -0.162. The van der Waals surface area contributed by atoms with Gasteiger partial charge in [-0.1, -0.05) is 0 Å². The summed E-state index contributed by atoms with van der Waals surface area (Å²) in [7, 11) is 0. The van der Waals surface area contributed by atoms with Crippen molar-refractivity contribution in [3.8, 4) is 0 Å². The summed E-state index contributed by atoms with van der Waals surface area (Å²) in [5.74, 6) is -1.46. The molecule has 3 heteroatoms. The van der Waals surface area contributed by atoms with Crippen LogP contribution >= 0.6 is 0 Å². The van der Waals surface area contributed by atoms with Crippen LogP contribution in [-0.4, -0.2) is 28.6 Å². The minimum absolute atomic E-state index is 0.178. The highest BCUT2D eigenvalue weighted by atomic mass is 16.5. The van der Waals surface area contributed by atoms with Gasteiger partial charge in [0.05, 0.1) is 6.04 Å². The van der Waals surface area contributed by atoms with E-state index in [0.717, 1.165) is 0 Å². The summed E-state index contributed by atoms with van der Waals surface area (Å²) in [5, 5.41) is 20.8. The molecule has 1 heterocycles. The molecule has 3 nitrogen and oxygen atoms in total. The van der Waals surface area contributed by atoms with E-state index >= 15 is 0 Å². The van der Waals surface area contributed by atoms with Crippen molar-refractivity contribution in [1.82, 2.24) is 5.32 Å². The first-order valence-corrected chi connectivity index (χ1v) is 2.81. The summed E-state index contributed by atoms with van der Waals surface area (Å²) in [6, 6.07) is -0.178. The lowest BCUT2D eigenvalue weighted by Gasteiger charge is -2.18. The summed E-state index contributed by atoms with van der Waals surface area (Å²) in [6.07, 6.45) is 0.439. The minimum atomic E-state index is -1.46. The summed E-state index contributed by atoms with van der Waals surface area (Å²) in [6.45, 7) is 2.46. The largest absolute Gasteiger partial charge is 0.364 e. The fourth-order valence-corrected chi connectivity index (χ4v) is 0.853. The van der Waals surface area contributed by atoms with Crippen LogP contribution in [0.15, 0.2) is 0 Å². The third-order valence-corrected chi connectivity index (χ3v) is 1.64. The monoisotopic (exact) mass is 117 g/mol. The Hall–Kier alpha value is -0.120. The van der Waals surface area contributed by atoms with Crippen LogP contribution in [0.5, 0.6) is 0 Å². The van der Waals surface area contributed by atoms with Crippen molar-refractivity contribution in [2.45, 2.75) is 25.2 Å². The zero-order chi connectivity index (χ0) is 6.20. The van der Waals surface area contributed by atoms with Crippen molar-refractivity contribution in [1.29, 1.82) is 0 Å². The lowest BCUT2D eigenvalue weighted by Crippen LogP contribution is -2.39. The van der Waals surface area contributed by atoms with E-state index in [2.05, 4.69) is 5.32 Å². The van der Waals surface area contributed by atoms with Crippen molar-refractivity contribution in [3.05, 3.63) is 0 Å². The molecule has 1 rings (SSSR count). The molecule has 1 unspecified atom stereocenters. The number of hydrogen-bond acceptors (Lipinski definition) is 3. The van der Waals surface area contributed by atoms with E-state index in [9.17, 15) is 0 Å². The van der Waals surface area contributed by atoms with Gasteiger partial charge < -0.3 is 15.5 Å². The van der Waals surface area contributed by atoms with Crippen LogP contribution in [0.25, 0.3) is 0 Å². The van der Waals surface area contributed by atoms with Crippen LogP contribution in [0.4, 0.5) is 0 Å². The van der Waals surface area contributed by atoms with E-state index in [-0.39, 0.29) is 6.04 Å². The molecule has 0 bridgehead atoms. The standard InChI is InChI=1S/C5H11NO2/c1-4-5(7,8)2-3-6-4/h4,6-8H,2-3H2,1H3. The molecule has 0 aromatic rings. The van der Waals surface area contributed by atoms with Gasteiger partial charge in [-0.15, -0.1) is 0 Å². The molecule has 8 heavy (non-hydrogen) atoms. The van der Waals surface area contributed by atoms with E-state index in [4.69, 9.17) is 10.2 Å². The predicted octanol–water partition coefficient (Wildman–Crippen LogP) is -0.951. The zero-order valence-corrected chi connectivity index (χ0v) is 4.89. The van der Waals surface area contributed by atoms with Crippen LogP contribution in [0.1, 0.15) is 13.3 Å².